The SMILES string of the molecule is Cc1ncsc1C(=O)N1CCC[C@H](Cc2ccc(N)nn2)C1. The number of amides is 1. The van der Waals surface area contributed by atoms with Gasteiger partial charge in [0.1, 0.15) is 10.7 Å². The number of likely N-dealkylation sites (tertiary alicyclic amines) is 1. The highest BCUT2D eigenvalue weighted by Gasteiger charge is 2.26. The molecule has 0 saturated carbocycles. The normalized spacial score (nSPS) is 18.4. The second-order valence-electron chi connectivity index (χ2n) is 5.68. The Kier molecular flexibility index (Phi) is 4.33. The van der Waals surface area contributed by atoms with Crippen LogP contribution in [0.4, 0.5) is 5.82 Å². The van der Waals surface area contributed by atoms with E-state index in [0.717, 1.165) is 48.6 Å². The van der Waals surface area contributed by atoms with Crippen LogP contribution in [0.1, 0.15) is 33.9 Å². The predicted molar refractivity (Wildman–Crippen MR) is 85.6 cm³/mol. The summed E-state index contributed by atoms with van der Waals surface area (Å²) in [6.07, 6.45) is 2.97. The first-order chi connectivity index (χ1) is 10.6. The van der Waals surface area contributed by atoms with Crippen molar-refractivity contribution in [1.82, 2.24) is 20.1 Å². The Morgan fingerprint density at radius 2 is 2.32 bits per heavy atom. The van der Waals surface area contributed by atoms with Crippen LogP contribution in [0.3, 0.4) is 0 Å². The standard InChI is InChI=1S/C15H19N5OS/c1-10-14(22-9-17-10)15(21)20-6-2-3-11(8-20)7-12-4-5-13(16)19-18-12/h4-5,9,11H,2-3,6-8H2,1H3,(H2,16,19)/t11-/m1/s1. The number of thiazole rings is 1. The van der Waals surface area contributed by atoms with Crippen molar-refractivity contribution < 1.29 is 4.79 Å². The Labute approximate surface area is 133 Å². The van der Waals surface area contributed by atoms with E-state index in [4.69, 9.17) is 5.73 Å². The fraction of sp³-hybridized carbons (Fsp3) is 0.467. The summed E-state index contributed by atoms with van der Waals surface area (Å²) in [6.45, 7) is 3.47. The van der Waals surface area contributed by atoms with Crippen molar-refractivity contribution in [3.05, 3.63) is 33.9 Å². The first-order valence-corrected chi connectivity index (χ1v) is 8.29. The van der Waals surface area contributed by atoms with E-state index in [1.165, 1.54) is 11.3 Å². The molecule has 0 aromatic carbocycles. The first kappa shape index (κ1) is 14.9. The van der Waals surface area contributed by atoms with Gasteiger partial charge in [-0.15, -0.1) is 16.4 Å². The van der Waals surface area contributed by atoms with E-state index in [-0.39, 0.29) is 5.91 Å². The molecule has 1 amide bonds. The van der Waals surface area contributed by atoms with Gasteiger partial charge in [0, 0.05) is 13.1 Å². The van der Waals surface area contributed by atoms with Gasteiger partial charge in [-0.2, -0.15) is 5.10 Å². The molecular weight excluding hydrogens is 298 g/mol. The molecule has 6 nitrogen and oxygen atoms in total. The third-order valence-electron chi connectivity index (χ3n) is 3.98. The van der Waals surface area contributed by atoms with Crippen LogP contribution >= 0.6 is 11.3 Å². The number of aryl methyl sites for hydroxylation is 1. The lowest BCUT2D eigenvalue weighted by atomic mass is 9.93. The molecule has 1 saturated heterocycles. The summed E-state index contributed by atoms with van der Waals surface area (Å²) < 4.78 is 0. The molecule has 0 unspecified atom stereocenters. The monoisotopic (exact) mass is 317 g/mol. The minimum absolute atomic E-state index is 0.105. The Balaban J connectivity index is 1.65. The predicted octanol–water partition coefficient (Wildman–Crippen LogP) is 1.92. The lowest BCUT2D eigenvalue weighted by molar-refractivity contribution is 0.0676. The van der Waals surface area contributed by atoms with E-state index < -0.39 is 0 Å². The van der Waals surface area contributed by atoms with E-state index in [2.05, 4.69) is 15.2 Å². The molecule has 0 radical (unpaired) electrons. The van der Waals surface area contributed by atoms with E-state index in [1.54, 1.807) is 11.6 Å². The van der Waals surface area contributed by atoms with Crippen LogP contribution in [-0.4, -0.2) is 39.1 Å². The Bertz CT molecular complexity index is 654. The fourth-order valence-electron chi connectivity index (χ4n) is 2.84. The average molecular weight is 317 g/mol. The molecule has 1 aliphatic heterocycles. The van der Waals surface area contributed by atoms with Crippen molar-refractivity contribution in [2.24, 2.45) is 5.92 Å². The second-order valence-corrected chi connectivity index (χ2v) is 6.53. The van der Waals surface area contributed by atoms with Gasteiger partial charge in [-0.25, -0.2) is 4.98 Å². The molecule has 7 heteroatoms. The van der Waals surface area contributed by atoms with Gasteiger partial charge in [0.05, 0.1) is 16.9 Å². The van der Waals surface area contributed by atoms with Gasteiger partial charge in [-0.1, -0.05) is 0 Å². The van der Waals surface area contributed by atoms with Crippen LogP contribution in [0.25, 0.3) is 0 Å². The van der Waals surface area contributed by atoms with Gasteiger partial charge in [0.25, 0.3) is 5.91 Å². The second kappa shape index (κ2) is 6.39. The quantitative estimate of drug-likeness (QED) is 0.935. The van der Waals surface area contributed by atoms with E-state index >= 15 is 0 Å². The van der Waals surface area contributed by atoms with Gasteiger partial charge < -0.3 is 10.6 Å². The van der Waals surface area contributed by atoms with E-state index in [9.17, 15) is 4.79 Å². The maximum atomic E-state index is 12.6. The van der Waals surface area contributed by atoms with E-state index in [0.29, 0.717) is 11.7 Å². The number of hydrogen-bond acceptors (Lipinski definition) is 6. The minimum Gasteiger partial charge on any atom is -0.382 e. The average Bonchev–Trinajstić information content (AvgIpc) is 2.95. The minimum atomic E-state index is 0.105. The molecule has 22 heavy (non-hydrogen) atoms. The van der Waals surface area contributed by atoms with Gasteiger partial charge in [-0.05, 0) is 44.2 Å². The Hall–Kier alpha value is -2.02. The Morgan fingerprint density at radius 1 is 1.45 bits per heavy atom. The molecule has 2 N–H and O–H groups in total. The van der Waals surface area contributed by atoms with Crippen LogP contribution in [0, 0.1) is 12.8 Å². The lowest BCUT2D eigenvalue weighted by Gasteiger charge is -2.32. The molecule has 116 valence electrons. The van der Waals surface area contributed by atoms with Crippen LogP contribution in [-0.2, 0) is 6.42 Å². The van der Waals surface area contributed by atoms with Gasteiger partial charge >= 0.3 is 0 Å². The summed E-state index contributed by atoms with van der Waals surface area (Å²) in [5, 5.41) is 8.01. The summed E-state index contributed by atoms with van der Waals surface area (Å²) in [4.78, 5) is 19.4. The van der Waals surface area contributed by atoms with Crippen LogP contribution in [0.2, 0.25) is 0 Å². The van der Waals surface area contributed by atoms with Crippen molar-refractivity contribution in [2.45, 2.75) is 26.2 Å². The molecule has 3 heterocycles. The fourth-order valence-corrected chi connectivity index (χ4v) is 3.61. The number of aromatic nitrogens is 3. The molecule has 0 aliphatic carbocycles. The number of carbonyl (C=O) groups is 1. The summed E-state index contributed by atoms with van der Waals surface area (Å²) in [7, 11) is 0. The van der Waals surface area contributed by atoms with Crippen molar-refractivity contribution in [1.29, 1.82) is 0 Å². The number of carbonyl (C=O) groups excluding carboxylic acids is 1. The maximum absolute atomic E-state index is 12.6. The number of nitrogens with two attached hydrogens (primary N) is 1. The highest BCUT2D eigenvalue weighted by molar-refractivity contribution is 7.11. The van der Waals surface area contributed by atoms with Crippen molar-refractivity contribution in [3.8, 4) is 0 Å². The lowest BCUT2D eigenvalue weighted by Crippen LogP contribution is -2.40. The summed E-state index contributed by atoms with van der Waals surface area (Å²) >= 11 is 1.42. The third-order valence-corrected chi connectivity index (χ3v) is 4.90. The zero-order valence-electron chi connectivity index (χ0n) is 12.5. The molecule has 0 spiro atoms. The molecule has 2 aromatic heterocycles. The van der Waals surface area contributed by atoms with Gasteiger partial charge in [-0.3, -0.25) is 4.79 Å². The Morgan fingerprint density at radius 3 is 3.00 bits per heavy atom. The van der Waals surface area contributed by atoms with Crippen molar-refractivity contribution in [2.75, 3.05) is 18.8 Å². The highest BCUT2D eigenvalue weighted by Crippen LogP contribution is 2.23. The number of nitrogens with zero attached hydrogens (tertiary/aromatic N) is 4. The first-order valence-electron chi connectivity index (χ1n) is 7.41. The number of nitrogen functional groups attached to an aromatic ring is 1. The molecule has 3 rings (SSSR count). The number of hydrogen-bond donors (Lipinski definition) is 1. The molecule has 2 aromatic rings. The molecule has 0 bridgehead atoms. The van der Waals surface area contributed by atoms with Crippen molar-refractivity contribution >= 4 is 23.1 Å². The summed E-state index contributed by atoms with van der Waals surface area (Å²) in [5.41, 5.74) is 9.04. The summed E-state index contributed by atoms with van der Waals surface area (Å²) in [6, 6.07) is 3.69. The smallest absolute Gasteiger partial charge is 0.265 e. The molecule has 1 fully saturated rings. The van der Waals surface area contributed by atoms with Crippen LogP contribution in [0.15, 0.2) is 17.6 Å². The third kappa shape index (κ3) is 3.24. The summed E-state index contributed by atoms with van der Waals surface area (Å²) in [5.74, 6) is 0.960. The van der Waals surface area contributed by atoms with E-state index in [1.807, 2.05) is 17.9 Å². The number of anilines is 1. The van der Waals surface area contributed by atoms with Gasteiger partial charge in [0.2, 0.25) is 0 Å². The highest BCUT2D eigenvalue weighted by atomic mass is 32.1. The van der Waals surface area contributed by atoms with Gasteiger partial charge in [0.15, 0.2) is 0 Å². The topological polar surface area (TPSA) is 85.0 Å². The number of piperidine rings is 1. The number of rotatable bonds is 3. The van der Waals surface area contributed by atoms with Crippen molar-refractivity contribution in [3.63, 3.8) is 0 Å². The zero-order valence-corrected chi connectivity index (χ0v) is 13.3. The van der Waals surface area contributed by atoms with Crippen LogP contribution < -0.4 is 5.73 Å². The molecule has 1 aliphatic rings. The maximum Gasteiger partial charge on any atom is 0.265 e. The molecular formula is C15H19N5OS. The van der Waals surface area contributed by atoms with Crippen LogP contribution in [0.5, 0.6) is 0 Å². The zero-order chi connectivity index (χ0) is 15.5. The largest absolute Gasteiger partial charge is 0.382 e. The molecule has 1 atom stereocenters.